The zero-order valence-electron chi connectivity index (χ0n) is 11.5. The number of rotatable bonds is 4. The molecule has 0 fully saturated rings. The highest BCUT2D eigenvalue weighted by Crippen LogP contribution is 2.10. The van der Waals surface area contributed by atoms with E-state index in [1.807, 2.05) is 29.0 Å². The van der Waals surface area contributed by atoms with Crippen LogP contribution in [0.5, 0.6) is 0 Å². The molecule has 0 amide bonds. The fraction of sp³-hybridized carbons (Fsp3) is 0. The molecule has 0 aliphatic rings. The van der Waals surface area contributed by atoms with Gasteiger partial charge < -0.3 is 5.11 Å². The first-order valence-corrected chi connectivity index (χ1v) is 6.54. The Morgan fingerprint density at radius 2 is 2.05 bits per heavy atom. The van der Waals surface area contributed by atoms with Crippen LogP contribution < -0.4 is 0 Å². The molecule has 3 rings (SSSR count). The molecule has 0 radical (unpaired) electrons. The van der Waals surface area contributed by atoms with Crippen molar-refractivity contribution in [2.45, 2.75) is 0 Å². The number of carboxylic acids is 1. The number of carbonyl (C=O) groups is 1. The van der Waals surface area contributed by atoms with E-state index in [0.29, 0.717) is 5.69 Å². The van der Waals surface area contributed by atoms with Crippen LogP contribution in [0.3, 0.4) is 0 Å². The second-order valence-electron chi connectivity index (χ2n) is 4.53. The lowest BCUT2D eigenvalue weighted by atomic mass is 10.2. The minimum Gasteiger partial charge on any atom is -0.478 e. The van der Waals surface area contributed by atoms with Crippen molar-refractivity contribution >= 4 is 18.1 Å². The molecule has 3 aromatic heterocycles. The number of pyridine rings is 2. The molecule has 0 unspecified atom stereocenters. The van der Waals surface area contributed by atoms with Crippen LogP contribution in [0.4, 0.5) is 0 Å². The van der Waals surface area contributed by atoms with Gasteiger partial charge in [0.25, 0.3) is 0 Å². The van der Waals surface area contributed by atoms with E-state index < -0.39 is 5.97 Å². The van der Waals surface area contributed by atoms with Gasteiger partial charge in [-0.25, -0.2) is 14.8 Å². The standard InChI is InChI=1S/C16H12N4O2/c21-16(22)13-5-6-18-14(9-13)3-1-12-2-4-15(19-10-12)20-8-7-17-11-20/h1-11H,(H,21,22)/b3-1+. The van der Waals surface area contributed by atoms with Crippen molar-refractivity contribution in [2.75, 3.05) is 0 Å². The van der Waals surface area contributed by atoms with Crippen LogP contribution in [-0.4, -0.2) is 30.6 Å². The van der Waals surface area contributed by atoms with Gasteiger partial charge in [-0.15, -0.1) is 0 Å². The summed E-state index contributed by atoms with van der Waals surface area (Å²) in [5, 5.41) is 8.95. The second-order valence-corrected chi connectivity index (χ2v) is 4.53. The van der Waals surface area contributed by atoms with Gasteiger partial charge in [-0.2, -0.15) is 0 Å². The number of hydrogen-bond donors (Lipinski definition) is 1. The Hall–Kier alpha value is -3.28. The van der Waals surface area contributed by atoms with Gasteiger partial charge in [0.05, 0.1) is 11.3 Å². The molecular formula is C16H12N4O2. The maximum atomic E-state index is 10.9. The third-order valence-corrected chi connectivity index (χ3v) is 3.01. The maximum absolute atomic E-state index is 10.9. The summed E-state index contributed by atoms with van der Waals surface area (Å²) in [6, 6.07) is 6.77. The third-order valence-electron chi connectivity index (χ3n) is 3.01. The average molecular weight is 292 g/mol. The Morgan fingerprint density at radius 3 is 2.73 bits per heavy atom. The molecule has 0 saturated carbocycles. The summed E-state index contributed by atoms with van der Waals surface area (Å²) in [6.45, 7) is 0. The fourth-order valence-corrected chi connectivity index (χ4v) is 1.90. The van der Waals surface area contributed by atoms with Gasteiger partial charge in [-0.05, 0) is 35.9 Å². The quantitative estimate of drug-likeness (QED) is 0.799. The van der Waals surface area contributed by atoms with Gasteiger partial charge >= 0.3 is 5.97 Å². The topological polar surface area (TPSA) is 80.9 Å². The van der Waals surface area contributed by atoms with Crippen molar-refractivity contribution in [1.29, 1.82) is 0 Å². The van der Waals surface area contributed by atoms with E-state index in [0.717, 1.165) is 11.4 Å². The van der Waals surface area contributed by atoms with E-state index in [-0.39, 0.29) is 5.56 Å². The summed E-state index contributed by atoms with van der Waals surface area (Å²) in [5.74, 6) is -0.191. The predicted octanol–water partition coefficient (Wildman–Crippen LogP) is 2.53. The fourth-order valence-electron chi connectivity index (χ4n) is 1.90. The van der Waals surface area contributed by atoms with E-state index in [9.17, 15) is 4.79 Å². The van der Waals surface area contributed by atoms with E-state index in [4.69, 9.17) is 5.11 Å². The zero-order chi connectivity index (χ0) is 15.4. The first-order valence-electron chi connectivity index (χ1n) is 6.54. The van der Waals surface area contributed by atoms with Crippen LogP contribution in [-0.2, 0) is 0 Å². The lowest BCUT2D eigenvalue weighted by Gasteiger charge is -2.01. The SMILES string of the molecule is O=C(O)c1ccnc(/C=C/c2ccc(-n3ccnc3)nc2)c1. The van der Waals surface area contributed by atoms with Crippen molar-refractivity contribution in [3.8, 4) is 5.82 Å². The monoisotopic (exact) mass is 292 g/mol. The molecule has 3 aromatic rings. The van der Waals surface area contributed by atoms with Crippen molar-refractivity contribution in [2.24, 2.45) is 0 Å². The first kappa shape index (κ1) is 13.7. The molecule has 3 heterocycles. The van der Waals surface area contributed by atoms with Gasteiger partial charge in [0.1, 0.15) is 12.1 Å². The highest BCUT2D eigenvalue weighted by Gasteiger charge is 2.02. The van der Waals surface area contributed by atoms with Crippen LogP contribution in [0.2, 0.25) is 0 Å². The van der Waals surface area contributed by atoms with Crippen molar-refractivity contribution in [1.82, 2.24) is 19.5 Å². The summed E-state index contributed by atoms with van der Waals surface area (Å²) in [5.41, 5.74) is 1.69. The number of nitrogens with zero attached hydrogens (tertiary/aromatic N) is 4. The van der Waals surface area contributed by atoms with Crippen molar-refractivity contribution in [3.63, 3.8) is 0 Å². The molecule has 0 spiro atoms. The molecule has 0 aromatic carbocycles. The predicted molar refractivity (Wildman–Crippen MR) is 81.5 cm³/mol. The number of carboxylic acid groups (broad SMARTS) is 1. The second kappa shape index (κ2) is 6.01. The lowest BCUT2D eigenvalue weighted by molar-refractivity contribution is 0.0696. The maximum Gasteiger partial charge on any atom is 0.335 e. The largest absolute Gasteiger partial charge is 0.478 e. The number of aromatic carboxylic acids is 1. The van der Waals surface area contributed by atoms with Crippen LogP contribution in [0.1, 0.15) is 21.6 Å². The van der Waals surface area contributed by atoms with Gasteiger partial charge in [0.15, 0.2) is 0 Å². The zero-order valence-corrected chi connectivity index (χ0v) is 11.5. The van der Waals surface area contributed by atoms with Gasteiger partial charge in [0, 0.05) is 24.8 Å². The molecule has 0 saturated heterocycles. The van der Waals surface area contributed by atoms with Gasteiger partial charge in [-0.3, -0.25) is 9.55 Å². The summed E-state index contributed by atoms with van der Waals surface area (Å²) >= 11 is 0. The van der Waals surface area contributed by atoms with Crippen LogP contribution in [0.15, 0.2) is 55.4 Å². The molecule has 0 bridgehead atoms. The highest BCUT2D eigenvalue weighted by atomic mass is 16.4. The third kappa shape index (κ3) is 3.06. The van der Waals surface area contributed by atoms with Crippen molar-refractivity contribution < 1.29 is 9.90 Å². The molecule has 0 aliphatic carbocycles. The first-order chi connectivity index (χ1) is 10.7. The van der Waals surface area contributed by atoms with Gasteiger partial charge in [-0.1, -0.05) is 6.08 Å². The lowest BCUT2D eigenvalue weighted by Crippen LogP contribution is -1.97. The molecule has 108 valence electrons. The summed E-state index contributed by atoms with van der Waals surface area (Å²) in [6.07, 6.45) is 12.0. The van der Waals surface area contributed by atoms with E-state index in [1.54, 1.807) is 24.8 Å². The Bertz CT molecular complexity index is 808. The van der Waals surface area contributed by atoms with E-state index >= 15 is 0 Å². The smallest absolute Gasteiger partial charge is 0.335 e. The molecule has 0 aliphatic heterocycles. The van der Waals surface area contributed by atoms with Crippen LogP contribution in [0.25, 0.3) is 18.0 Å². The summed E-state index contributed by atoms with van der Waals surface area (Å²) in [7, 11) is 0. The molecule has 0 atom stereocenters. The highest BCUT2D eigenvalue weighted by molar-refractivity contribution is 5.88. The summed E-state index contributed by atoms with van der Waals surface area (Å²) < 4.78 is 1.81. The van der Waals surface area contributed by atoms with E-state index in [1.165, 1.54) is 18.3 Å². The minimum absolute atomic E-state index is 0.211. The molecule has 6 heteroatoms. The summed E-state index contributed by atoms with van der Waals surface area (Å²) in [4.78, 5) is 23.3. The Morgan fingerprint density at radius 1 is 1.14 bits per heavy atom. The average Bonchev–Trinajstić information content (AvgIpc) is 3.08. The number of hydrogen-bond acceptors (Lipinski definition) is 4. The minimum atomic E-state index is -0.969. The molecule has 1 N–H and O–H groups in total. The normalized spacial score (nSPS) is 10.9. The Kier molecular flexibility index (Phi) is 3.74. The van der Waals surface area contributed by atoms with Gasteiger partial charge in [0.2, 0.25) is 0 Å². The van der Waals surface area contributed by atoms with E-state index in [2.05, 4.69) is 15.0 Å². The van der Waals surface area contributed by atoms with Crippen molar-refractivity contribution in [3.05, 3.63) is 72.2 Å². The Balaban J connectivity index is 1.78. The number of imidazole rings is 1. The number of aromatic nitrogens is 4. The van der Waals surface area contributed by atoms with Crippen LogP contribution in [0, 0.1) is 0 Å². The molecular weight excluding hydrogens is 280 g/mol. The Labute approximate surface area is 126 Å². The molecule has 22 heavy (non-hydrogen) atoms. The van der Waals surface area contributed by atoms with Crippen LogP contribution >= 0.6 is 0 Å². The molecule has 6 nitrogen and oxygen atoms in total.